The molecule has 0 radical (unpaired) electrons. The standard InChI is InChI=1S/C10H22N2O.C9H19N2O2S3.K/c1-4-5-6-11-8-10(13)12-7-9(2)3;1-3-5-10-8(13)9(15-16-14-2)11-6-4-7-12;/h9,11H,4-8H2,1-3H3,(H,12,13);9,12H,3-7H2,1-2H3,(H,10,13);/q;-1;+1. The molecular formula is C19H41KN4O3S3. The maximum absolute atomic E-state index is 11.7. The van der Waals surface area contributed by atoms with E-state index in [2.05, 4.69) is 42.0 Å². The molecule has 174 valence electrons. The van der Waals surface area contributed by atoms with E-state index in [-0.39, 0.29) is 75.2 Å². The van der Waals surface area contributed by atoms with E-state index in [1.165, 1.54) is 17.2 Å². The van der Waals surface area contributed by atoms with Gasteiger partial charge in [0.05, 0.1) is 6.54 Å². The van der Waals surface area contributed by atoms with Gasteiger partial charge in [0.1, 0.15) is 0 Å². The molecule has 0 fully saturated rings. The van der Waals surface area contributed by atoms with E-state index >= 15 is 0 Å². The zero-order valence-corrected chi connectivity index (χ0v) is 25.2. The van der Waals surface area contributed by atoms with Crippen LogP contribution in [0.15, 0.2) is 0 Å². The van der Waals surface area contributed by atoms with E-state index in [1.54, 1.807) is 20.6 Å². The van der Waals surface area contributed by atoms with Gasteiger partial charge in [0.25, 0.3) is 0 Å². The third kappa shape index (κ3) is 27.5. The van der Waals surface area contributed by atoms with E-state index < -0.39 is 0 Å². The number of hydrogen-bond donors (Lipinski definition) is 4. The van der Waals surface area contributed by atoms with E-state index in [0.29, 0.717) is 32.0 Å². The van der Waals surface area contributed by atoms with Crippen molar-refractivity contribution in [3.05, 3.63) is 5.32 Å². The molecule has 7 nitrogen and oxygen atoms in total. The number of rotatable bonds is 17. The van der Waals surface area contributed by atoms with E-state index in [0.717, 1.165) is 25.9 Å². The van der Waals surface area contributed by atoms with Crippen LogP contribution in [0.2, 0.25) is 0 Å². The Bertz CT molecular complexity index is 398. The predicted molar refractivity (Wildman–Crippen MR) is 131 cm³/mol. The number of carbonyl (C=O) groups excluding carboxylic acids is 2. The molecule has 0 aromatic heterocycles. The molecule has 0 aromatic rings. The molecule has 30 heavy (non-hydrogen) atoms. The molecule has 0 aliphatic rings. The van der Waals surface area contributed by atoms with Crippen LogP contribution in [-0.4, -0.2) is 67.9 Å². The molecule has 0 heterocycles. The number of hydrogen-bond acceptors (Lipinski definition) is 7. The first-order valence-corrected chi connectivity index (χ1v) is 14.3. The maximum Gasteiger partial charge on any atom is 1.00 e. The molecule has 11 heteroatoms. The Morgan fingerprint density at radius 3 is 2.30 bits per heavy atom. The second kappa shape index (κ2) is 28.5. The number of aliphatic hydroxyl groups excluding tert-OH is 1. The molecule has 2 amide bonds. The normalized spacial score (nSPS) is 11.2. The van der Waals surface area contributed by atoms with Crippen molar-refractivity contribution in [2.45, 2.75) is 58.8 Å². The van der Waals surface area contributed by atoms with Crippen LogP contribution >= 0.6 is 31.4 Å². The van der Waals surface area contributed by atoms with Crippen molar-refractivity contribution >= 4 is 43.2 Å². The smallest absolute Gasteiger partial charge is 0.642 e. The van der Waals surface area contributed by atoms with E-state index in [1.807, 2.05) is 13.2 Å². The van der Waals surface area contributed by atoms with Gasteiger partial charge in [0.15, 0.2) is 0 Å². The molecule has 0 rings (SSSR count). The van der Waals surface area contributed by atoms with E-state index in [4.69, 9.17) is 5.11 Å². The molecule has 0 spiro atoms. The molecular weight excluding hydrogens is 468 g/mol. The van der Waals surface area contributed by atoms with Crippen LogP contribution in [-0.2, 0) is 9.59 Å². The summed E-state index contributed by atoms with van der Waals surface area (Å²) in [6.07, 6.45) is 5.81. The van der Waals surface area contributed by atoms with Crippen LogP contribution in [0, 0.1) is 5.92 Å². The summed E-state index contributed by atoms with van der Waals surface area (Å²) in [5.74, 6) is 0.593. The summed E-state index contributed by atoms with van der Waals surface area (Å²) in [6.45, 7) is 11.8. The topological polar surface area (TPSA) is 105 Å². The second-order valence-corrected chi connectivity index (χ2v) is 11.0. The van der Waals surface area contributed by atoms with Gasteiger partial charge in [-0.3, -0.25) is 9.59 Å². The Morgan fingerprint density at radius 1 is 1.07 bits per heavy atom. The molecule has 0 saturated carbocycles. The monoisotopic (exact) mass is 508 g/mol. The Labute approximate surface area is 238 Å². The predicted octanol–water partition coefficient (Wildman–Crippen LogP) is 0.407. The van der Waals surface area contributed by atoms with Crippen LogP contribution < -0.4 is 67.3 Å². The second-order valence-electron chi connectivity index (χ2n) is 6.69. The van der Waals surface area contributed by atoms with Crippen molar-refractivity contribution in [2.24, 2.45) is 5.92 Å². The van der Waals surface area contributed by atoms with Gasteiger partial charge in [-0.15, -0.1) is 6.54 Å². The molecule has 1 unspecified atom stereocenters. The van der Waals surface area contributed by atoms with Gasteiger partial charge in [0.2, 0.25) is 11.8 Å². The zero-order chi connectivity index (χ0) is 22.3. The maximum atomic E-state index is 11.7. The Kier molecular flexibility index (Phi) is 34.3. The van der Waals surface area contributed by atoms with Crippen molar-refractivity contribution < 1.29 is 66.1 Å². The molecule has 0 aliphatic carbocycles. The molecule has 1 atom stereocenters. The van der Waals surface area contributed by atoms with Gasteiger partial charge in [-0.2, -0.15) is 0 Å². The fourth-order valence-electron chi connectivity index (χ4n) is 1.73. The van der Waals surface area contributed by atoms with Crippen molar-refractivity contribution in [1.82, 2.24) is 16.0 Å². The number of aliphatic hydroxyl groups is 1. The fraction of sp³-hybridized carbons (Fsp3) is 0.895. The third-order valence-corrected chi connectivity index (χ3v) is 7.17. The summed E-state index contributed by atoms with van der Waals surface area (Å²) in [5, 5.41) is 21.3. The largest absolute Gasteiger partial charge is 1.00 e. The first-order valence-electron chi connectivity index (χ1n) is 10.3. The summed E-state index contributed by atoms with van der Waals surface area (Å²) >= 11 is 0. The summed E-state index contributed by atoms with van der Waals surface area (Å²) in [6, 6.07) is 0. The van der Waals surface area contributed by atoms with Gasteiger partial charge in [-0.25, -0.2) is 0 Å². The fourth-order valence-corrected chi connectivity index (χ4v) is 4.50. The number of nitrogens with one attached hydrogen (secondary N) is 3. The van der Waals surface area contributed by atoms with Crippen molar-refractivity contribution in [1.29, 1.82) is 0 Å². The van der Waals surface area contributed by atoms with E-state index in [9.17, 15) is 9.59 Å². The summed E-state index contributed by atoms with van der Waals surface area (Å²) in [5.41, 5.74) is 0. The molecule has 0 saturated heterocycles. The summed E-state index contributed by atoms with van der Waals surface area (Å²) in [4.78, 5) is 22.8. The van der Waals surface area contributed by atoms with Crippen molar-refractivity contribution in [3.8, 4) is 0 Å². The number of amides is 2. The quantitative estimate of drug-likeness (QED) is 0.128. The first kappa shape index (κ1) is 36.1. The van der Waals surface area contributed by atoms with Crippen LogP contribution in [0.3, 0.4) is 0 Å². The summed E-state index contributed by atoms with van der Waals surface area (Å²) < 4.78 is 0. The molecule has 4 N–H and O–H groups in total. The molecule has 0 aromatic carbocycles. The van der Waals surface area contributed by atoms with Gasteiger partial charge in [-0.05, 0) is 47.8 Å². The minimum absolute atomic E-state index is 0. The average molecular weight is 509 g/mol. The van der Waals surface area contributed by atoms with Crippen LogP contribution in [0.25, 0.3) is 5.32 Å². The van der Waals surface area contributed by atoms with Gasteiger partial charge in [0, 0.05) is 25.1 Å². The Balaban J connectivity index is -0.000000480. The third-order valence-electron chi connectivity index (χ3n) is 3.28. The van der Waals surface area contributed by atoms with Crippen molar-refractivity contribution in [2.75, 3.05) is 45.6 Å². The van der Waals surface area contributed by atoms with Crippen molar-refractivity contribution in [3.63, 3.8) is 0 Å². The minimum atomic E-state index is -0.365. The number of carbonyl (C=O) groups is 2. The van der Waals surface area contributed by atoms with Crippen LogP contribution in [0.1, 0.15) is 53.4 Å². The van der Waals surface area contributed by atoms with Gasteiger partial charge in [-0.1, -0.05) is 55.7 Å². The Hall–Kier alpha value is 1.51. The number of unbranched alkanes of at least 4 members (excludes halogenated alkanes) is 1. The zero-order valence-electron chi connectivity index (χ0n) is 19.7. The van der Waals surface area contributed by atoms with Gasteiger partial charge < -0.3 is 26.4 Å². The molecule has 0 aliphatic heterocycles. The first-order chi connectivity index (χ1) is 13.9. The molecule has 0 bridgehead atoms. The van der Waals surface area contributed by atoms with Crippen LogP contribution in [0.4, 0.5) is 0 Å². The van der Waals surface area contributed by atoms with Crippen LogP contribution in [0.5, 0.6) is 0 Å². The number of nitrogens with zero attached hydrogens (tertiary/aromatic N) is 1. The minimum Gasteiger partial charge on any atom is -0.642 e. The Morgan fingerprint density at radius 2 is 1.77 bits per heavy atom. The average Bonchev–Trinajstić information content (AvgIpc) is 2.71. The summed E-state index contributed by atoms with van der Waals surface area (Å²) in [7, 11) is 4.60. The SMILES string of the molecule is CCCCNCC(=O)NCC(C)C.CCCNC(=O)C([N-]CCCO)SSSC.[K+]. The van der Waals surface area contributed by atoms with Gasteiger partial charge >= 0.3 is 51.4 Å².